The molecule has 0 unspecified atom stereocenters. The number of anilines is 1. The van der Waals surface area contributed by atoms with Crippen molar-refractivity contribution in [2.75, 3.05) is 18.9 Å². The second-order valence-electron chi connectivity index (χ2n) is 5.07. The van der Waals surface area contributed by atoms with Gasteiger partial charge in [0.2, 0.25) is 0 Å². The van der Waals surface area contributed by atoms with Crippen LogP contribution in [0.25, 0.3) is 11.2 Å². The molecule has 0 spiro atoms. The van der Waals surface area contributed by atoms with Gasteiger partial charge in [-0.05, 0) is 12.0 Å². The minimum atomic E-state index is 0.378. The molecule has 0 amide bonds. The highest BCUT2D eigenvalue weighted by Crippen LogP contribution is 2.13. The van der Waals surface area contributed by atoms with Crippen molar-refractivity contribution in [3.63, 3.8) is 0 Å². The van der Waals surface area contributed by atoms with Gasteiger partial charge in [-0.25, -0.2) is 15.0 Å². The monoisotopic (exact) mass is 313 g/mol. The number of nitrogens with two attached hydrogens (primary N) is 1. The van der Waals surface area contributed by atoms with Gasteiger partial charge in [-0.15, -0.1) is 0 Å². The molecule has 0 aliphatic rings. The lowest BCUT2D eigenvalue weighted by atomic mass is 10.2. The molecule has 23 heavy (non-hydrogen) atoms. The predicted molar refractivity (Wildman–Crippen MR) is 86.4 cm³/mol. The first kappa shape index (κ1) is 15.4. The van der Waals surface area contributed by atoms with E-state index in [0.717, 1.165) is 6.42 Å². The van der Waals surface area contributed by atoms with Crippen LogP contribution in [-0.2, 0) is 22.8 Å². The van der Waals surface area contributed by atoms with E-state index in [1.54, 1.807) is 10.9 Å². The van der Waals surface area contributed by atoms with Crippen LogP contribution >= 0.6 is 0 Å². The molecule has 0 bridgehead atoms. The SMILES string of the molecule is Nc1ncnc2c1ncn2COCCCOCc1ccccc1. The number of aromatic nitrogens is 4. The van der Waals surface area contributed by atoms with Gasteiger partial charge in [-0.3, -0.25) is 4.57 Å². The Morgan fingerprint density at radius 3 is 2.70 bits per heavy atom. The van der Waals surface area contributed by atoms with Crippen molar-refractivity contribution >= 4 is 17.0 Å². The Bertz CT molecular complexity index is 745. The summed E-state index contributed by atoms with van der Waals surface area (Å²) in [6, 6.07) is 10.1. The number of benzene rings is 1. The first-order valence-electron chi connectivity index (χ1n) is 7.45. The highest BCUT2D eigenvalue weighted by Gasteiger charge is 2.07. The minimum absolute atomic E-state index is 0.378. The van der Waals surface area contributed by atoms with Gasteiger partial charge in [0, 0.05) is 6.61 Å². The van der Waals surface area contributed by atoms with Crippen LogP contribution in [0.5, 0.6) is 0 Å². The van der Waals surface area contributed by atoms with Crippen LogP contribution < -0.4 is 5.73 Å². The maximum absolute atomic E-state index is 5.74. The first-order valence-corrected chi connectivity index (χ1v) is 7.45. The fraction of sp³-hybridized carbons (Fsp3) is 0.312. The van der Waals surface area contributed by atoms with Crippen LogP contribution in [-0.4, -0.2) is 32.7 Å². The molecule has 2 heterocycles. The summed E-state index contributed by atoms with van der Waals surface area (Å²) in [5.74, 6) is 0.378. The van der Waals surface area contributed by atoms with Crippen molar-refractivity contribution in [1.29, 1.82) is 0 Å². The molecule has 1 aromatic carbocycles. The third kappa shape index (κ3) is 4.02. The highest BCUT2D eigenvalue weighted by atomic mass is 16.5. The van der Waals surface area contributed by atoms with Crippen molar-refractivity contribution in [2.45, 2.75) is 19.8 Å². The summed E-state index contributed by atoms with van der Waals surface area (Å²) >= 11 is 0. The molecule has 3 rings (SSSR count). The van der Waals surface area contributed by atoms with Gasteiger partial charge in [0.05, 0.1) is 19.5 Å². The molecule has 0 radical (unpaired) electrons. The lowest BCUT2D eigenvalue weighted by Crippen LogP contribution is -2.06. The zero-order valence-corrected chi connectivity index (χ0v) is 12.8. The standard InChI is InChI=1S/C16H19N5O2/c17-15-14-16(19-10-18-15)21(11-20-14)12-23-8-4-7-22-9-13-5-2-1-3-6-13/h1-3,5-6,10-11H,4,7-9,12H2,(H2,17,18,19). The van der Waals surface area contributed by atoms with Gasteiger partial charge in [0.15, 0.2) is 11.5 Å². The van der Waals surface area contributed by atoms with Gasteiger partial charge >= 0.3 is 0 Å². The number of nitrogen functional groups attached to an aromatic ring is 1. The number of ether oxygens (including phenoxy) is 2. The van der Waals surface area contributed by atoms with Crippen LogP contribution in [0.1, 0.15) is 12.0 Å². The van der Waals surface area contributed by atoms with Crippen LogP contribution in [0.3, 0.4) is 0 Å². The van der Waals surface area contributed by atoms with Crippen molar-refractivity contribution < 1.29 is 9.47 Å². The number of rotatable bonds is 8. The maximum atomic E-state index is 5.74. The average molecular weight is 313 g/mol. The Hall–Kier alpha value is -2.51. The smallest absolute Gasteiger partial charge is 0.167 e. The number of hydrogen-bond acceptors (Lipinski definition) is 6. The molecule has 2 N–H and O–H groups in total. The largest absolute Gasteiger partial charge is 0.382 e. The maximum Gasteiger partial charge on any atom is 0.167 e. The minimum Gasteiger partial charge on any atom is -0.382 e. The molecular weight excluding hydrogens is 294 g/mol. The lowest BCUT2D eigenvalue weighted by molar-refractivity contribution is 0.0479. The van der Waals surface area contributed by atoms with Crippen LogP contribution in [0, 0.1) is 0 Å². The van der Waals surface area contributed by atoms with E-state index < -0.39 is 0 Å². The highest BCUT2D eigenvalue weighted by molar-refractivity contribution is 5.80. The van der Waals surface area contributed by atoms with Gasteiger partial charge < -0.3 is 15.2 Å². The van der Waals surface area contributed by atoms with E-state index in [1.807, 2.05) is 30.3 Å². The van der Waals surface area contributed by atoms with E-state index in [0.29, 0.717) is 43.5 Å². The third-order valence-electron chi connectivity index (χ3n) is 3.35. The van der Waals surface area contributed by atoms with Crippen molar-refractivity contribution in [1.82, 2.24) is 19.5 Å². The van der Waals surface area contributed by atoms with E-state index in [2.05, 4.69) is 15.0 Å². The fourth-order valence-corrected chi connectivity index (χ4v) is 2.18. The third-order valence-corrected chi connectivity index (χ3v) is 3.35. The summed E-state index contributed by atoms with van der Waals surface area (Å²) < 4.78 is 13.0. The van der Waals surface area contributed by atoms with Crippen molar-refractivity contribution in [3.05, 3.63) is 48.5 Å². The summed E-state index contributed by atoms with van der Waals surface area (Å²) in [5, 5.41) is 0. The summed E-state index contributed by atoms with van der Waals surface area (Å²) in [4.78, 5) is 12.3. The first-order chi connectivity index (χ1) is 11.3. The Kier molecular flexibility index (Phi) is 5.13. The van der Waals surface area contributed by atoms with Crippen molar-refractivity contribution in [3.8, 4) is 0 Å². The zero-order valence-electron chi connectivity index (χ0n) is 12.8. The number of fused-ring (bicyclic) bond motifs is 1. The van der Waals surface area contributed by atoms with E-state index in [1.165, 1.54) is 11.9 Å². The molecule has 0 atom stereocenters. The molecular formula is C16H19N5O2. The molecule has 0 aliphatic heterocycles. The lowest BCUT2D eigenvalue weighted by Gasteiger charge is -2.07. The van der Waals surface area contributed by atoms with Crippen molar-refractivity contribution in [2.24, 2.45) is 0 Å². The summed E-state index contributed by atoms with van der Waals surface area (Å²) in [6.45, 7) is 2.28. The van der Waals surface area contributed by atoms with Crippen LogP contribution in [0.4, 0.5) is 5.82 Å². The quantitative estimate of drug-likeness (QED) is 0.640. The molecule has 0 saturated carbocycles. The summed E-state index contributed by atoms with van der Waals surface area (Å²) in [5.41, 5.74) is 8.20. The molecule has 2 aromatic heterocycles. The second-order valence-corrected chi connectivity index (χ2v) is 5.07. The molecule has 120 valence electrons. The van der Waals surface area contributed by atoms with E-state index in [4.69, 9.17) is 15.2 Å². The van der Waals surface area contributed by atoms with E-state index in [9.17, 15) is 0 Å². The summed E-state index contributed by atoms with van der Waals surface area (Å²) in [6.07, 6.45) is 3.91. The van der Waals surface area contributed by atoms with Crippen LogP contribution in [0.15, 0.2) is 43.0 Å². The normalized spacial score (nSPS) is 11.1. The Labute approximate surface area is 134 Å². The molecule has 0 aliphatic carbocycles. The topological polar surface area (TPSA) is 88.1 Å². The zero-order chi connectivity index (χ0) is 15.9. The van der Waals surface area contributed by atoms with Gasteiger partial charge in [0.25, 0.3) is 0 Å². The fourth-order valence-electron chi connectivity index (χ4n) is 2.18. The number of imidazole rings is 1. The molecule has 0 saturated heterocycles. The molecule has 7 heteroatoms. The number of hydrogen-bond donors (Lipinski definition) is 1. The van der Waals surface area contributed by atoms with E-state index >= 15 is 0 Å². The number of nitrogens with zero attached hydrogens (tertiary/aromatic N) is 4. The van der Waals surface area contributed by atoms with Gasteiger partial charge in [-0.2, -0.15) is 0 Å². The summed E-state index contributed by atoms with van der Waals surface area (Å²) in [7, 11) is 0. The van der Waals surface area contributed by atoms with Gasteiger partial charge in [0.1, 0.15) is 18.6 Å². The Morgan fingerprint density at radius 1 is 1.00 bits per heavy atom. The molecule has 0 fully saturated rings. The van der Waals surface area contributed by atoms with Crippen LogP contribution in [0.2, 0.25) is 0 Å². The molecule has 3 aromatic rings. The predicted octanol–water partition coefficient (Wildman–Crippen LogP) is 1.99. The molecule has 7 nitrogen and oxygen atoms in total. The average Bonchev–Trinajstić information content (AvgIpc) is 3.00. The van der Waals surface area contributed by atoms with Gasteiger partial charge in [-0.1, -0.05) is 30.3 Å². The Morgan fingerprint density at radius 2 is 1.83 bits per heavy atom. The Balaban J connectivity index is 1.36. The van der Waals surface area contributed by atoms with E-state index in [-0.39, 0.29) is 0 Å². The second kappa shape index (κ2) is 7.66.